The van der Waals surface area contributed by atoms with Crippen molar-refractivity contribution in [1.29, 1.82) is 0 Å². The van der Waals surface area contributed by atoms with Crippen molar-refractivity contribution in [2.75, 3.05) is 13.2 Å². The van der Waals surface area contributed by atoms with Crippen LogP contribution >= 0.6 is 0 Å². The van der Waals surface area contributed by atoms with Gasteiger partial charge in [0.15, 0.2) is 6.29 Å². The number of aliphatic hydroxyl groups is 6. The van der Waals surface area contributed by atoms with Gasteiger partial charge in [0.2, 0.25) is 0 Å². The van der Waals surface area contributed by atoms with Crippen LogP contribution in [0.2, 0.25) is 0 Å². The normalized spacial score (nSPS) is 26.4. The van der Waals surface area contributed by atoms with Gasteiger partial charge in [-0.15, -0.1) is 0 Å². The number of rotatable bonds is 20. The van der Waals surface area contributed by atoms with Crippen LogP contribution in [0.3, 0.4) is 0 Å². The highest BCUT2D eigenvalue weighted by Crippen LogP contribution is 2.27. The second kappa shape index (κ2) is 18.3. The predicted octanol–water partition coefficient (Wildman–Crippen LogP) is 2.43. The second-order valence-corrected chi connectivity index (χ2v) is 10.8. The number of aryl methyl sites for hydroxylation is 1. The summed E-state index contributed by atoms with van der Waals surface area (Å²) in [5.74, 6) is -0.698. The summed E-state index contributed by atoms with van der Waals surface area (Å²) in [6.45, 7) is 3.32. The first-order valence-electron chi connectivity index (χ1n) is 14.6. The number of ether oxygens (including phenoxy) is 2. The standard InChI is InChI=1S/C28H52N2O8/c1-3-4-5-6-7-8-9-10-11-12-13-14-15-22(32)24(33)20(21-16-19(2)29-30-21)18-37-28-27(36)26(35)25(34)23(17-31)38-28/h16,20,22-28,31-36H,3-15,17-18H2,1-2H3,(H,29,30)/t20-,22-,23-,24+,25+,26+,27-,28+/m1/s1. The number of nitrogens with one attached hydrogen (secondary N) is 1. The highest BCUT2D eigenvalue weighted by atomic mass is 16.7. The SMILES string of the molecule is CCCCCCCCCCCCCC[C@@H](O)[C@@H](O)[C@H](CO[C@H]1O[C@H](CO)[C@H](O)[C@H](O)[C@H]1O)c1cc(C)n[nH]1. The topological polar surface area (TPSA) is 169 Å². The molecule has 2 heterocycles. The third-order valence-corrected chi connectivity index (χ3v) is 7.57. The van der Waals surface area contributed by atoms with Crippen LogP contribution in [0.4, 0.5) is 0 Å². The van der Waals surface area contributed by atoms with E-state index < -0.39 is 55.4 Å². The zero-order chi connectivity index (χ0) is 27.9. The van der Waals surface area contributed by atoms with Crippen LogP contribution in [0, 0.1) is 6.92 Å². The Hall–Kier alpha value is -1.11. The molecule has 0 aromatic carbocycles. The molecule has 0 amide bonds. The lowest BCUT2D eigenvalue weighted by molar-refractivity contribution is -0.303. The molecule has 1 aromatic heterocycles. The molecule has 222 valence electrons. The van der Waals surface area contributed by atoms with Crippen molar-refractivity contribution >= 4 is 0 Å². The van der Waals surface area contributed by atoms with E-state index in [-0.39, 0.29) is 6.61 Å². The maximum absolute atomic E-state index is 11.0. The molecule has 0 bridgehead atoms. The third-order valence-electron chi connectivity index (χ3n) is 7.57. The summed E-state index contributed by atoms with van der Waals surface area (Å²) in [5, 5.41) is 68.3. The Balaban J connectivity index is 1.76. The smallest absolute Gasteiger partial charge is 0.186 e. The fourth-order valence-corrected chi connectivity index (χ4v) is 5.04. The molecule has 0 unspecified atom stereocenters. The van der Waals surface area contributed by atoms with Crippen LogP contribution in [-0.2, 0) is 9.47 Å². The third kappa shape index (κ3) is 10.8. The van der Waals surface area contributed by atoms with Crippen LogP contribution < -0.4 is 0 Å². The number of hydrogen-bond acceptors (Lipinski definition) is 9. The average Bonchev–Trinajstić information content (AvgIpc) is 3.34. The molecule has 0 spiro atoms. The number of unbranched alkanes of at least 4 members (excludes halogenated alkanes) is 11. The van der Waals surface area contributed by atoms with Crippen molar-refractivity contribution in [3.8, 4) is 0 Å². The van der Waals surface area contributed by atoms with Crippen molar-refractivity contribution in [1.82, 2.24) is 10.2 Å². The highest BCUT2D eigenvalue weighted by molar-refractivity contribution is 5.14. The summed E-state index contributed by atoms with van der Waals surface area (Å²) in [6.07, 6.45) is 5.92. The Bertz CT molecular complexity index is 733. The van der Waals surface area contributed by atoms with E-state index in [4.69, 9.17) is 9.47 Å². The fraction of sp³-hybridized carbons (Fsp3) is 0.893. The lowest BCUT2D eigenvalue weighted by Gasteiger charge is -2.40. The molecule has 0 aliphatic carbocycles. The Morgan fingerprint density at radius 3 is 2.00 bits per heavy atom. The van der Waals surface area contributed by atoms with Gasteiger partial charge in [0.25, 0.3) is 0 Å². The van der Waals surface area contributed by atoms with E-state index in [0.29, 0.717) is 17.8 Å². The van der Waals surface area contributed by atoms with Gasteiger partial charge in [-0.2, -0.15) is 5.10 Å². The summed E-state index contributed by atoms with van der Waals surface area (Å²) in [4.78, 5) is 0. The Labute approximate surface area is 227 Å². The van der Waals surface area contributed by atoms with Gasteiger partial charge in [-0.25, -0.2) is 0 Å². The van der Waals surface area contributed by atoms with E-state index in [1.807, 2.05) is 0 Å². The molecule has 1 aliphatic rings. The summed E-state index contributed by atoms with van der Waals surface area (Å²) in [5.41, 5.74) is 1.27. The molecular weight excluding hydrogens is 492 g/mol. The van der Waals surface area contributed by atoms with E-state index >= 15 is 0 Å². The highest BCUT2D eigenvalue weighted by Gasteiger charge is 2.44. The molecule has 1 fully saturated rings. The van der Waals surface area contributed by atoms with Gasteiger partial charge < -0.3 is 40.1 Å². The molecule has 0 saturated carbocycles. The average molecular weight is 545 g/mol. The molecule has 0 radical (unpaired) electrons. The van der Waals surface area contributed by atoms with Gasteiger partial charge in [0, 0.05) is 5.69 Å². The number of aromatic nitrogens is 2. The second-order valence-electron chi connectivity index (χ2n) is 10.8. The predicted molar refractivity (Wildman–Crippen MR) is 143 cm³/mol. The molecule has 38 heavy (non-hydrogen) atoms. The number of aliphatic hydroxyl groups excluding tert-OH is 6. The van der Waals surface area contributed by atoms with E-state index in [9.17, 15) is 30.6 Å². The van der Waals surface area contributed by atoms with E-state index in [1.165, 1.54) is 57.8 Å². The Morgan fingerprint density at radius 1 is 0.895 bits per heavy atom. The van der Waals surface area contributed by atoms with Gasteiger partial charge in [-0.05, 0) is 19.4 Å². The number of aromatic amines is 1. The summed E-state index contributed by atoms with van der Waals surface area (Å²) in [7, 11) is 0. The summed E-state index contributed by atoms with van der Waals surface area (Å²) >= 11 is 0. The van der Waals surface area contributed by atoms with Gasteiger partial charge in [0.1, 0.15) is 24.4 Å². The van der Waals surface area contributed by atoms with Gasteiger partial charge in [-0.1, -0.05) is 84.0 Å². The molecule has 10 heteroatoms. The number of hydrogen-bond donors (Lipinski definition) is 7. The van der Waals surface area contributed by atoms with Crippen molar-refractivity contribution in [3.05, 3.63) is 17.5 Å². The maximum Gasteiger partial charge on any atom is 0.186 e. The van der Waals surface area contributed by atoms with Crippen LogP contribution in [-0.4, -0.2) is 97.0 Å². The Morgan fingerprint density at radius 2 is 1.47 bits per heavy atom. The van der Waals surface area contributed by atoms with Crippen LogP contribution in [0.1, 0.15) is 108 Å². The zero-order valence-corrected chi connectivity index (χ0v) is 23.2. The quantitative estimate of drug-likeness (QED) is 0.122. The maximum atomic E-state index is 11.0. The molecule has 7 N–H and O–H groups in total. The van der Waals surface area contributed by atoms with E-state index in [2.05, 4.69) is 17.1 Å². The van der Waals surface area contributed by atoms with E-state index in [0.717, 1.165) is 19.3 Å². The minimum Gasteiger partial charge on any atom is -0.394 e. The molecule has 1 aromatic rings. The van der Waals surface area contributed by atoms with Crippen molar-refractivity contribution in [2.45, 2.75) is 146 Å². The monoisotopic (exact) mass is 544 g/mol. The minimum atomic E-state index is -1.56. The molecular formula is C28H52N2O8. The van der Waals surface area contributed by atoms with Crippen LogP contribution in [0.25, 0.3) is 0 Å². The first-order valence-corrected chi connectivity index (χ1v) is 14.6. The largest absolute Gasteiger partial charge is 0.394 e. The summed E-state index contributed by atoms with van der Waals surface area (Å²) < 4.78 is 11.1. The van der Waals surface area contributed by atoms with Crippen molar-refractivity contribution in [3.63, 3.8) is 0 Å². The number of H-pyrrole nitrogens is 1. The Kier molecular flexibility index (Phi) is 15.9. The first kappa shape index (κ1) is 33.1. The molecule has 1 aliphatic heterocycles. The van der Waals surface area contributed by atoms with Gasteiger partial charge in [-0.3, -0.25) is 5.10 Å². The molecule has 8 atom stereocenters. The van der Waals surface area contributed by atoms with Crippen LogP contribution in [0.5, 0.6) is 0 Å². The van der Waals surface area contributed by atoms with Crippen molar-refractivity contribution in [2.24, 2.45) is 0 Å². The molecule has 2 rings (SSSR count). The fourth-order valence-electron chi connectivity index (χ4n) is 5.04. The van der Waals surface area contributed by atoms with Crippen molar-refractivity contribution < 1.29 is 40.1 Å². The molecule has 1 saturated heterocycles. The lowest BCUT2D eigenvalue weighted by atomic mass is 9.92. The van der Waals surface area contributed by atoms with Gasteiger partial charge in [0.05, 0.1) is 37.0 Å². The number of nitrogens with zero attached hydrogens (tertiary/aromatic N) is 1. The minimum absolute atomic E-state index is 0.152. The zero-order valence-electron chi connectivity index (χ0n) is 23.2. The van der Waals surface area contributed by atoms with Gasteiger partial charge >= 0.3 is 0 Å². The lowest BCUT2D eigenvalue weighted by Crippen LogP contribution is -2.59. The van der Waals surface area contributed by atoms with E-state index in [1.54, 1.807) is 13.0 Å². The first-order chi connectivity index (χ1) is 18.3. The molecule has 10 nitrogen and oxygen atoms in total. The summed E-state index contributed by atoms with van der Waals surface area (Å²) in [6, 6.07) is 1.75. The van der Waals surface area contributed by atoms with Crippen LogP contribution in [0.15, 0.2) is 6.07 Å².